The summed E-state index contributed by atoms with van der Waals surface area (Å²) in [6, 6.07) is 7.39. The Kier molecular flexibility index (Phi) is 44.4. The standard InChI is InChI=1S/C31H48O2.C29H44O2.C28H42O2.C27H40O2/c1-21(2)13-10-14-23(5)15-11-16-24(6)17-12-19-31(9)20-18-27-25(7)29(32)28(22(3)4)26(8)30(27)33-31;1-8-25-26-17-19-29(7,31-28(26)24(6)20-27(25)30)18-11-16-23(5)15-10-14-22(4)13-9-12-21(2)3;1-20(2)11-8-12-21(3)13-9-14-22(4)15-10-17-28(7)18-16-25-19-26(29)23(5)24(6)27(25)30-28;1-20(2)10-7-11-21(3)12-8-13-22(4)14-9-16-27(6)17-15-24-19-25(28)18-23(5)26(24)29-27/h13,15,17,22,32H,10-12,14,16,18-20H2,1-9H3;12,14,16,20,30H,8-11,13,15,17-19H2,1-7H3;11,13,15,19,29H,8-10,12,14,16-18H2,1-7H3;10,12,14,18-19,28H,7-9,11,13,15-17H2,1-6H3/b23-15+,24-17+;22-14+,23-16+;21-13+,22-15+;21-12+,22-14+. The first-order chi connectivity index (χ1) is 57.9. The molecule has 0 amide bonds. The summed E-state index contributed by atoms with van der Waals surface area (Å²) in [7, 11) is 0. The molecule has 0 spiro atoms. The Morgan fingerprint density at radius 2 is 0.626 bits per heavy atom. The Hall–Kier alpha value is -7.84. The van der Waals surface area contributed by atoms with Crippen LogP contribution in [0.5, 0.6) is 46.0 Å². The fourth-order valence-corrected chi connectivity index (χ4v) is 17.6. The molecule has 8 nitrogen and oxygen atoms in total. The van der Waals surface area contributed by atoms with Gasteiger partial charge in [-0.1, -0.05) is 161 Å². The van der Waals surface area contributed by atoms with E-state index in [0.717, 1.165) is 265 Å². The smallest absolute Gasteiger partial charge is 0.127 e. The average molecular weight is 1680 g/mol. The maximum atomic E-state index is 10.7. The molecule has 0 fully saturated rings. The van der Waals surface area contributed by atoms with E-state index >= 15 is 0 Å². The van der Waals surface area contributed by atoms with E-state index < -0.39 is 0 Å². The van der Waals surface area contributed by atoms with E-state index in [-0.39, 0.29) is 28.3 Å². The molecule has 682 valence electrons. The first-order valence-electron chi connectivity index (χ1n) is 47.8. The lowest BCUT2D eigenvalue weighted by Crippen LogP contribution is -2.37. The van der Waals surface area contributed by atoms with Crippen molar-refractivity contribution in [3.63, 3.8) is 0 Å². The largest absolute Gasteiger partial charge is 0.508 e. The highest BCUT2D eigenvalue weighted by Crippen LogP contribution is 2.49. The van der Waals surface area contributed by atoms with Crippen LogP contribution in [-0.2, 0) is 32.1 Å². The summed E-state index contributed by atoms with van der Waals surface area (Å²) in [6.07, 6.45) is 63.9. The van der Waals surface area contributed by atoms with E-state index in [1.54, 1.807) is 6.07 Å². The zero-order chi connectivity index (χ0) is 91.5. The van der Waals surface area contributed by atoms with Crippen LogP contribution in [0, 0.1) is 41.5 Å². The number of fused-ring (bicyclic) bond motifs is 4. The molecule has 4 heterocycles. The first kappa shape index (κ1) is 106. The van der Waals surface area contributed by atoms with Gasteiger partial charge in [-0.25, -0.2) is 0 Å². The number of hydrogen-bond donors (Lipinski definition) is 4. The quantitative estimate of drug-likeness (QED) is 0.0328. The van der Waals surface area contributed by atoms with Crippen LogP contribution in [0.15, 0.2) is 164 Å². The Balaban J connectivity index is 0.000000292. The van der Waals surface area contributed by atoms with E-state index in [4.69, 9.17) is 18.9 Å². The molecule has 123 heavy (non-hydrogen) atoms. The number of phenols is 4. The minimum Gasteiger partial charge on any atom is -0.508 e. The highest BCUT2D eigenvalue weighted by Gasteiger charge is 2.38. The van der Waals surface area contributed by atoms with Gasteiger partial charge in [0.2, 0.25) is 0 Å². The van der Waals surface area contributed by atoms with Gasteiger partial charge in [-0.15, -0.1) is 0 Å². The topological polar surface area (TPSA) is 118 Å². The van der Waals surface area contributed by atoms with Gasteiger partial charge in [0.1, 0.15) is 68.4 Å². The number of aryl methyl sites for hydroxylation is 4. The molecule has 8 heteroatoms. The average Bonchev–Trinajstić information content (AvgIpc) is 0.733. The van der Waals surface area contributed by atoms with Crippen molar-refractivity contribution in [3.05, 3.63) is 231 Å². The third-order valence-corrected chi connectivity index (χ3v) is 26.1. The van der Waals surface area contributed by atoms with Crippen molar-refractivity contribution in [2.75, 3.05) is 0 Å². The summed E-state index contributed by atoms with van der Waals surface area (Å²) >= 11 is 0. The molecule has 0 aromatic heterocycles. The molecule has 4 aromatic carbocycles. The molecule has 0 radical (unpaired) electrons. The van der Waals surface area contributed by atoms with Crippen molar-refractivity contribution >= 4 is 0 Å². The SMILES string of the molecule is CC(C)=CCC/C(C)=C/CC/C(C)=C/CCC1(C)CCc2c(C)c(O)c(C(C)C)c(C)c2O1.CC(C)=CCC/C(C)=C/CC/C(C)=C/CCC1(C)CCc2cc(O)c(C)c(C)c2O1.CC(C)=CCC/C(C)=C/CC/C(C)=C/CCC1(C)CCc2cc(O)cc(C)c2O1.CCc1c(O)cc(C)c2c1CCC(C)(CC/C=C(\C)CC/C=C(\C)CCC=C(C)C)O2. The zero-order valence-corrected chi connectivity index (χ0v) is 83.6. The molecule has 4 aromatic rings. The van der Waals surface area contributed by atoms with Crippen molar-refractivity contribution in [3.8, 4) is 46.0 Å². The van der Waals surface area contributed by atoms with Crippen molar-refractivity contribution in [1.82, 2.24) is 0 Å². The van der Waals surface area contributed by atoms with E-state index in [2.05, 4.69) is 246 Å². The Morgan fingerprint density at radius 3 is 0.976 bits per heavy atom. The Bertz CT molecular complexity index is 4480. The number of allylic oxidation sites excluding steroid dienone is 24. The minimum atomic E-state index is -0.145. The molecule has 0 saturated carbocycles. The van der Waals surface area contributed by atoms with Crippen LogP contribution >= 0.6 is 0 Å². The van der Waals surface area contributed by atoms with Crippen molar-refractivity contribution in [2.24, 2.45) is 0 Å². The molecule has 4 N–H and O–H groups in total. The van der Waals surface area contributed by atoms with Crippen molar-refractivity contribution < 1.29 is 39.4 Å². The summed E-state index contributed by atoms with van der Waals surface area (Å²) in [4.78, 5) is 0. The minimum absolute atomic E-state index is 0.118. The van der Waals surface area contributed by atoms with Gasteiger partial charge in [-0.3, -0.25) is 0 Å². The molecular weight excluding hydrogens is 1510 g/mol. The van der Waals surface area contributed by atoms with Crippen molar-refractivity contribution in [2.45, 2.75) is 441 Å². The maximum Gasteiger partial charge on any atom is 0.127 e. The highest BCUT2D eigenvalue weighted by atomic mass is 16.5. The molecule has 0 aliphatic carbocycles. The van der Waals surface area contributed by atoms with Gasteiger partial charge in [0, 0.05) is 22.3 Å². The third-order valence-electron chi connectivity index (χ3n) is 26.1. The molecule has 4 aliphatic heterocycles. The Morgan fingerprint density at radius 1 is 0.325 bits per heavy atom. The van der Waals surface area contributed by atoms with Gasteiger partial charge >= 0.3 is 0 Å². The number of rotatable bonds is 38. The molecule has 0 saturated heterocycles. The highest BCUT2D eigenvalue weighted by molar-refractivity contribution is 5.60. The number of aromatic hydroxyl groups is 4. The molecule has 4 aliphatic rings. The Labute approximate surface area is 752 Å². The van der Waals surface area contributed by atoms with E-state index in [0.29, 0.717) is 23.0 Å². The van der Waals surface area contributed by atoms with Crippen molar-refractivity contribution in [1.29, 1.82) is 0 Å². The fraction of sp³-hybridized carbons (Fsp3) is 0.583. The number of benzene rings is 4. The first-order valence-corrected chi connectivity index (χ1v) is 47.8. The molecule has 4 unspecified atom stereocenters. The van der Waals surface area contributed by atoms with Gasteiger partial charge in [0.25, 0.3) is 0 Å². The van der Waals surface area contributed by atoms with Crippen LogP contribution in [0.4, 0.5) is 0 Å². The summed E-state index contributed by atoms with van der Waals surface area (Å²) in [6.45, 7) is 62.9. The summed E-state index contributed by atoms with van der Waals surface area (Å²) < 4.78 is 26.1. The summed E-state index contributed by atoms with van der Waals surface area (Å²) in [5.74, 6) is 5.90. The maximum absolute atomic E-state index is 10.7. The lowest BCUT2D eigenvalue weighted by atomic mass is 9.83. The second-order valence-corrected chi connectivity index (χ2v) is 39.9. The third kappa shape index (κ3) is 36.6. The van der Waals surface area contributed by atoms with Gasteiger partial charge in [-0.2, -0.15) is 0 Å². The predicted molar refractivity (Wildman–Crippen MR) is 532 cm³/mol. The van der Waals surface area contributed by atoms with Crippen LogP contribution in [0.1, 0.15) is 412 Å². The number of ether oxygens (including phenoxy) is 4. The van der Waals surface area contributed by atoms with Gasteiger partial charge in [0.05, 0.1) is 0 Å². The second-order valence-electron chi connectivity index (χ2n) is 39.9. The van der Waals surface area contributed by atoms with E-state index in [1.165, 1.54) is 104 Å². The molecular formula is C115H174O8. The van der Waals surface area contributed by atoms with Gasteiger partial charge in [-0.05, 0) is 467 Å². The predicted octanol–water partition coefficient (Wildman–Crippen LogP) is 34.2. The molecule has 4 atom stereocenters. The lowest BCUT2D eigenvalue weighted by Gasteiger charge is -2.38. The van der Waals surface area contributed by atoms with Crippen LogP contribution < -0.4 is 18.9 Å². The summed E-state index contributed by atoms with van der Waals surface area (Å²) in [5.41, 5.74) is 30.0. The number of hydrogen-bond acceptors (Lipinski definition) is 8. The normalized spacial score (nSPS) is 19.2. The van der Waals surface area contributed by atoms with Crippen LogP contribution in [0.3, 0.4) is 0 Å². The fourth-order valence-electron chi connectivity index (χ4n) is 17.6. The van der Waals surface area contributed by atoms with Gasteiger partial charge in [0.15, 0.2) is 0 Å². The van der Waals surface area contributed by atoms with Crippen LogP contribution in [-0.4, -0.2) is 42.8 Å². The van der Waals surface area contributed by atoms with Crippen LogP contribution in [0.25, 0.3) is 0 Å². The van der Waals surface area contributed by atoms with E-state index in [9.17, 15) is 20.4 Å². The van der Waals surface area contributed by atoms with E-state index in [1.807, 2.05) is 45.9 Å². The second kappa shape index (κ2) is 51.7. The number of phenolic OH excluding ortho intramolecular Hbond substituents is 4. The zero-order valence-electron chi connectivity index (χ0n) is 83.6. The van der Waals surface area contributed by atoms with Crippen LogP contribution in [0.2, 0.25) is 0 Å². The lowest BCUT2D eigenvalue weighted by molar-refractivity contribution is 0.0555. The summed E-state index contributed by atoms with van der Waals surface area (Å²) in [5, 5.41) is 40.9. The molecule has 8 rings (SSSR count). The monoisotopic (exact) mass is 1680 g/mol. The molecule has 0 bridgehead atoms. The van der Waals surface area contributed by atoms with Gasteiger partial charge < -0.3 is 39.4 Å².